The number of aromatic amines is 1. The number of imidazole rings is 1. The molecule has 1 unspecified atom stereocenters. The molecule has 7 heteroatoms. The van der Waals surface area contributed by atoms with Crippen LogP contribution in [-0.4, -0.2) is 36.0 Å². The topological polar surface area (TPSA) is 69.8 Å². The zero-order chi connectivity index (χ0) is 14.4. The first-order valence-electron chi connectivity index (χ1n) is 7.06. The maximum atomic E-state index is 11.7. The summed E-state index contributed by atoms with van der Waals surface area (Å²) in [7, 11) is 1.85. The first-order valence-corrected chi connectivity index (χ1v) is 7.06. The molecular formula is C15H24Cl2N4O. The number of nitrogens with zero attached hydrogens (tertiary/aromatic N) is 1. The third-order valence-corrected chi connectivity index (χ3v) is 3.29. The van der Waals surface area contributed by atoms with Gasteiger partial charge in [0.2, 0.25) is 5.91 Å². The van der Waals surface area contributed by atoms with Gasteiger partial charge in [0.25, 0.3) is 0 Å². The standard InChI is InChI=1S/C15H22N4O.2ClH/c1-11(10-16-2)15(20)17-9-5-8-14-18-12-6-3-4-7-13(12)19-14;;/h3-4,6-7,11,16H,5,8-10H2,1-2H3,(H,17,20)(H,18,19);2*1H. The van der Waals surface area contributed by atoms with Gasteiger partial charge in [-0.15, -0.1) is 24.8 Å². The summed E-state index contributed by atoms with van der Waals surface area (Å²) in [5, 5.41) is 5.95. The number of para-hydroxylation sites is 2. The SMILES string of the molecule is CNCC(C)C(=O)NCCCc1nc2ccccc2[nH]1.Cl.Cl. The van der Waals surface area contributed by atoms with E-state index >= 15 is 0 Å². The van der Waals surface area contributed by atoms with Gasteiger partial charge in [0.15, 0.2) is 0 Å². The Hall–Kier alpha value is -1.30. The number of H-pyrrole nitrogens is 1. The summed E-state index contributed by atoms with van der Waals surface area (Å²) in [4.78, 5) is 19.5. The summed E-state index contributed by atoms with van der Waals surface area (Å²) in [5.74, 6) is 1.08. The number of hydrogen-bond acceptors (Lipinski definition) is 3. The predicted molar refractivity (Wildman–Crippen MR) is 95.0 cm³/mol. The summed E-state index contributed by atoms with van der Waals surface area (Å²) in [6.45, 7) is 3.31. The van der Waals surface area contributed by atoms with E-state index in [0.29, 0.717) is 13.1 Å². The van der Waals surface area contributed by atoms with Crippen molar-refractivity contribution in [1.29, 1.82) is 0 Å². The molecule has 5 nitrogen and oxygen atoms in total. The Morgan fingerprint density at radius 1 is 1.32 bits per heavy atom. The fourth-order valence-electron chi connectivity index (χ4n) is 2.16. The van der Waals surface area contributed by atoms with Crippen LogP contribution in [0.5, 0.6) is 0 Å². The fourth-order valence-corrected chi connectivity index (χ4v) is 2.16. The predicted octanol–water partition coefficient (Wildman–Crippen LogP) is 2.31. The third kappa shape index (κ3) is 5.83. The number of aromatic nitrogens is 2. The Balaban J connectivity index is 0.00000220. The zero-order valence-electron chi connectivity index (χ0n) is 12.9. The highest BCUT2D eigenvalue weighted by Crippen LogP contribution is 2.11. The van der Waals surface area contributed by atoms with Gasteiger partial charge in [-0.05, 0) is 25.6 Å². The number of hydrogen-bond donors (Lipinski definition) is 3. The van der Waals surface area contributed by atoms with E-state index in [0.717, 1.165) is 29.7 Å². The normalized spacial score (nSPS) is 11.4. The van der Waals surface area contributed by atoms with Gasteiger partial charge < -0.3 is 15.6 Å². The van der Waals surface area contributed by atoms with E-state index in [1.807, 2.05) is 38.2 Å². The summed E-state index contributed by atoms with van der Waals surface area (Å²) in [6.07, 6.45) is 1.73. The van der Waals surface area contributed by atoms with Crippen molar-refractivity contribution in [2.45, 2.75) is 19.8 Å². The van der Waals surface area contributed by atoms with E-state index in [1.54, 1.807) is 0 Å². The largest absolute Gasteiger partial charge is 0.356 e. The molecule has 22 heavy (non-hydrogen) atoms. The Morgan fingerprint density at radius 2 is 2.05 bits per heavy atom. The Bertz CT molecular complexity index is 540. The molecule has 0 saturated carbocycles. The second kappa shape index (κ2) is 10.4. The van der Waals surface area contributed by atoms with Gasteiger partial charge in [0.1, 0.15) is 5.82 Å². The highest BCUT2D eigenvalue weighted by atomic mass is 35.5. The molecule has 3 N–H and O–H groups in total. The van der Waals surface area contributed by atoms with Crippen molar-refractivity contribution in [3.05, 3.63) is 30.1 Å². The van der Waals surface area contributed by atoms with Crippen LogP contribution in [0, 0.1) is 5.92 Å². The van der Waals surface area contributed by atoms with Crippen LogP contribution in [0.4, 0.5) is 0 Å². The van der Waals surface area contributed by atoms with Crippen molar-refractivity contribution in [3.8, 4) is 0 Å². The van der Waals surface area contributed by atoms with Gasteiger partial charge in [0, 0.05) is 25.4 Å². The Kier molecular flexibility index (Phi) is 9.81. The second-order valence-corrected chi connectivity index (χ2v) is 5.05. The van der Waals surface area contributed by atoms with Crippen molar-refractivity contribution in [1.82, 2.24) is 20.6 Å². The molecule has 1 aromatic carbocycles. The lowest BCUT2D eigenvalue weighted by molar-refractivity contribution is -0.124. The second-order valence-electron chi connectivity index (χ2n) is 5.05. The lowest BCUT2D eigenvalue weighted by atomic mass is 10.1. The molecule has 1 amide bonds. The van der Waals surface area contributed by atoms with E-state index in [-0.39, 0.29) is 36.6 Å². The van der Waals surface area contributed by atoms with Crippen molar-refractivity contribution >= 4 is 41.8 Å². The lowest BCUT2D eigenvalue weighted by Crippen LogP contribution is -2.34. The fraction of sp³-hybridized carbons (Fsp3) is 0.467. The average Bonchev–Trinajstić information content (AvgIpc) is 2.86. The van der Waals surface area contributed by atoms with E-state index < -0.39 is 0 Å². The Morgan fingerprint density at radius 3 is 2.73 bits per heavy atom. The monoisotopic (exact) mass is 346 g/mol. The molecule has 0 saturated heterocycles. The highest BCUT2D eigenvalue weighted by Gasteiger charge is 2.10. The smallest absolute Gasteiger partial charge is 0.224 e. The van der Waals surface area contributed by atoms with Crippen LogP contribution in [0.1, 0.15) is 19.2 Å². The van der Waals surface area contributed by atoms with Crippen molar-refractivity contribution in [2.75, 3.05) is 20.1 Å². The van der Waals surface area contributed by atoms with Crippen molar-refractivity contribution in [3.63, 3.8) is 0 Å². The van der Waals surface area contributed by atoms with Crippen LogP contribution in [0.25, 0.3) is 11.0 Å². The first kappa shape index (κ1) is 20.7. The number of carbonyl (C=O) groups excluding carboxylic acids is 1. The van der Waals surface area contributed by atoms with Crippen LogP contribution >= 0.6 is 24.8 Å². The van der Waals surface area contributed by atoms with Gasteiger partial charge in [-0.25, -0.2) is 4.98 Å². The van der Waals surface area contributed by atoms with Gasteiger partial charge in [-0.3, -0.25) is 4.79 Å². The molecule has 0 aliphatic rings. The summed E-state index contributed by atoms with van der Waals surface area (Å²) in [6, 6.07) is 7.99. The minimum Gasteiger partial charge on any atom is -0.356 e. The quantitative estimate of drug-likeness (QED) is 0.673. The molecule has 1 heterocycles. The maximum Gasteiger partial charge on any atom is 0.224 e. The zero-order valence-corrected chi connectivity index (χ0v) is 14.5. The van der Waals surface area contributed by atoms with Gasteiger partial charge in [-0.2, -0.15) is 0 Å². The Labute approximate surface area is 143 Å². The number of aryl methyl sites for hydroxylation is 1. The van der Waals surface area contributed by atoms with Crippen molar-refractivity contribution in [2.24, 2.45) is 5.92 Å². The molecular weight excluding hydrogens is 323 g/mol. The highest BCUT2D eigenvalue weighted by molar-refractivity contribution is 5.85. The van der Waals surface area contributed by atoms with E-state index in [9.17, 15) is 4.79 Å². The molecule has 0 radical (unpaired) electrons. The molecule has 2 rings (SSSR count). The molecule has 0 bridgehead atoms. The molecule has 1 aromatic heterocycles. The van der Waals surface area contributed by atoms with E-state index in [2.05, 4.69) is 20.6 Å². The maximum absolute atomic E-state index is 11.7. The number of halogens is 2. The van der Waals surface area contributed by atoms with Gasteiger partial charge >= 0.3 is 0 Å². The van der Waals surface area contributed by atoms with Gasteiger partial charge in [-0.1, -0.05) is 19.1 Å². The molecule has 1 atom stereocenters. The van der Waals surface area contributed by atoms with Crippen molar-refractivity contribution < 1.29 is 4.79 Å². The molecule has 0 fully saturated rings. The van der Waals surface area contributed by atoms with Crippen LogP contribution in [-0.2, 0) is 11.2 Å². The molecule has 124 valence electrons. The van der Waals surface area contributed by atoms with E-state index in [1.165, 1.54) is 0 Å². The van der Waals surface area contributed by atoms with Crippen LogP contribution in [0.15, 0.2) is 24.3 Å². The summed E-state index contributed by atoms with van der Waals surface area (Å²) < 4.78 is 0. The van der Waals surface area contributed by atoms with E-state index in [4.69, 9.17) is 0 Å². The van der Waals surface area contributed by atoms with Crippen LogP contribution < -0.4 is 10.6 Å². The number of carbonyl (C=O) groups is 1. The van der Waals surface area contributed by atoms with Gasteiger partial charge in [0.05, 0.1) is 11.0 Å². The number of amides is 1. The first-order chi connectivity index (χ1) is 9.70. The third-order valence-electron chi connectivity index (χ3n) is 3.29. The average molecular weight is 347 g/mol. The number of rotatable bonds is 7. The summed E-state index contributed by atoms with van der Waals surface area (Å²) >= 11 is 0. The van der Waals surface area contributed by atoms with Crippen LogP contribution in [0.3, 0.4) is 0 Å². The minimum absolute atomic E-state index is 0. The summed E-state index contributed by atoms with van der Waals surface area (Å²) in [5.41, 5.74) is 2.06. The van der Waals surface area contributed by atoms with Crippen LogP contribution in [0.2, 0.25) is 0 Å². The number of fused-ring (bicyclic) bond motifs is 1. The molecule has 0 spiro atoms. The molecule has 0 aliphatic carbocycles. The number of nitrogens with one attached hydrogen (secondary N) is 3. The minimum atomic E-state index is 0. The molecule has 2 aromatic rings. The molecule has 0 aliphatic heterocycles. The lowest BCUT2D eigenvalue weighted by Gasteiger charge is -2.10. The number of benzene rings is 1.